The monoisotopic (exact) mass is 274 g/mol. The highest BCUT2D eigenvalue weighted by Crippen LogP contribution is 2.23. The van der Waals surface area contributed by atoms with Gasteiger partial charge in [-0.15, -0.1) is 0 Å². The van der Waals surface area contributed by atoms with Crippen molar-refractivity contribution in [1.82, 2.24) is 4.90 Å². The lowest BCUT2D eigenvalue weighted by atomic mass is 9.87. The zero-order valence-electron chi connectivity index (χ0n) is 12.9. The quantitative estimate of drug-likeness (QED) is 0.771. The molecule has 1 fully saturated rings. The first-order valence-corrected chi connectivity index (χ1v) is 7.56. The first-order chi connectivity index (χ1) is 9.54. The van der Waals surface area contributed by atoms with E-state index < -0.39 is 0 Å². The second-order valence-corrected chi connectivity index (χ2v) is 6.37. The number of aldehydes is 1. The molecule has 0 bridgehead atoms. The zero-order valence-corrected chi connectivity index (χ0v) is 12.9. The molecule has 0 saturated carbocycles. The summed E-state index contributed by atoms with van der Waals surface area (Å²) >= 11 is 0. The average molecular weight is 274 g/mol. The minimum Gasteiger partial charge on any atom is -0.369 e. The number of nitrogens with zero attached hydrogens (tertiary/aromatic N) is 2. The number of likely N-dealkylation sites (N-methyl/N-ethyl adjacent to an activating group) is 1. The second-order valence-electron chi connectivity index (χ2n) is 6.37. The van der Waals surface area contributed by atoms with Gasteiger partial charge in [0.25, 0.3) is 0 Å². The fraction of sp³-hybridized carbons (Fsp3) is 0.588. The van der Waals surface area contributed by atoms with Crippen molar-refractivity contribution in [3.63, 3.8) is 0 Å². The molecule has 0 atom stereocenters. The molecule has 1 saturated heterocycles. The molecule has 1 aliphatic rings. The lowest BCUT2D eigenvalue weighted by Gasteiger charge is -2.35. The van der Waals surface area contributed by atoms with E-state index in [0.29, 0.717) is 0 Å². The van der Waals surface area contributed by atoms with E-state index in [-0.39, 0.29) is 5.41 Å². The van der Waals surface area contributed by atoms with Crippen molar-refractivity contribution in [3.8, 4) is 0 Å². The van der Waals surface area contributed by atoms with Crippen LogP contribution in [0.5, 0.6) is 0 Å². The fourth-order valence-electron chi connectivity index (χ4n) is 2.75. The molecule has 3 nitrogen and oxygen atoms in total. The molecule has 0 unspecified atom stereocenters. The molecular weight excluding hydrogens is 248 g/mol. The summed E-state index contributed by atoms with van der Waals surface area (Å²) in [7, 11) is 0. The lowest BCUT2D eigenvalue weighted by molar-refractivity contribution is -0.114. The Morgan fingerprint density at radius 1 is 1.20 bits per heavy atom. The molecule has 0 radical (unpaired) electrons. The summed E-state index contributed by atoms with van der Waals surface area (Å²) in [4.78, 5) is 16.0. The van der Waals surface area contributed by atoms with Crippen LogP contribution in [0.3, 0.4) is 0 Å². The van der Waals surface area contributed by atoms with E-state index in [0.717, 1.165) is 45.4 Å². The summed E-state index contributed by atoms with van der Waals surface area (Å²) in [6.07, 6.45) is 1.86. The number of anilines is 1. The van der Waals surface area contributed by atoms with Crippen LogP contribution >= 0.6 is 0 Å². The number of carbonyl (C=O) groups is 1. The van der Waals surface area contributed by atoms with Crippen LogP contribution in [-0.2, 0) is 11.2 Å². The molecule has 110 valence electrons. The summed E-state index contributed by atoms with van der Waals surface area (Å²) in [5.74, 6) is 0. The van der Waals surface area contributed by atoms with Crippen LogP contribution in [0.15, 0.2) is 24.3 Å². The molecule has 0 amide bonds. The Hall–Kier alpha value is -1.35. The van der Waals surface area contributed by atoms with Gasteiger partial charge in [0.05, 0.1) is 0 Å². The number of hydrogen-bond acceptors (Lipinski definition) is 3. The number of hydrogen-bond donors (Lipinski definition) is 0. The topological polar surface area (TPSA) is 23.6 Å². The predicted octanol–water partition coefficient (Wildman–Crippen LogP) is 2.60. The molecule has 1 aromatic rings. The van der Waals surface area contributed by atoms with Crippen LogP contribution in [-0.4, -0.2) is 43.9 Å². The van der Waals surface area contributed by atoms with Gasteiger partial charge in [-0.3, -0.25) is 0 Å². The molecule has 0 spiro atoms. The number of carbonyl (C=O) groups excluding carboxylic acids is 1. The Morgan fingerprint density at radius 2 is 1.90 bits per heavy atom. The molecule has 0 aromatic heterocycles. The van der Waals surface area contributed by atoms with Crippen LogP contribution in [0, 0.1) is 5.41 Å². The van der Waals surface area contributed by atoms with E-state index in [2.05, 4.69) is 41.0 Å². The molecule has 0 N–H and O–H groups in total. The Kier molecular flexibility index (Phi) is 4.81. The Balaban J connectivity index is 2.05. The average Bonchev–Trinajstić information content (AvgIpc) is 2.47. The molecular formula is C17H26N2O. The molecule has 1 aliphatic heterocycles. The third kappa shape index (κ3) is 3.83. The third-order valence-electron chi connectivity index (χ3n) is 4.07. The summed E-state index contributed by atoms with van der Waals surface area (Å²) in [5, 5.41) is 0. The van der Waals surface area contributed by atoms with Gasteiger partial charge in [0.2, 0.25) is 0 Å². The Morgan fingerprint density at radius 3 is 2.50 bits per heavy atom. The van der Waals surface area contributed by atoms with Gasteiger partial charge in [0, 0.05) is 37.3 Å². The van der Waals surface area contributed by atoms with Crippen molar-refractivity contribution in [2.45, 2.75) is 27.2 Å². The van der Waals surface area contributed by atoms with Gasteiger partial charge in [0.1, 0.15) is 6.29 Å². The van der Waals surface area contributed by atoms with Gasteiger partial charge in [-0.25, -0.2) is 0 Å². The standard InChI is InChI=1S/C17H26N2O/c1-4-18-8-10-19(11-9-18)16-7-5-6-15(12-16)13-17(2,3)14-20/h5-7,12,14H,4,8-11,13H2,1-3H3. The Labute approximate surface area is 122 Å². The van der Waals surface area contributed by atoms with Crippen molar-refractivity contribution in [2.75, 3.05) is 37.6 Å². The van der Waals surface area contributed by atoms with Crippen LogP contribution in [0.1, 0.15) is 26.3 Å². The highest BCUT2D eigenvalue weighted by atomic mass is 16.1. The maximum atomic E-state index is 11.1. The largest absolute Gasteiger partial charge is 0.369 e. The zero-order chi connectivity index (χ0) is 14.6. The van der Waals surface area contributed by atoms with Gasteiger partial charge >= 0.3 is 0 Å². The summed E-state index contributed by atoms with van der Waals surface area (Å²) in [5.41, 5.74) is 2.26. The molecule has 20 heavy (non-hydrogen) atoms. The van der Waals surface area contributed by atoms with Crippen LogP contribution < -0.4 is 4.90 Å². The minimum absolute atomic E-state index is 0.278. The minimum atomic E-state index is -0.278. The van der Waals surface area contributed by atoms with Gasteiger partial charge in [0.15, 0.2) is 0 Å². The highest BCUT2D eigenvalue weighted by Gasteiger charge is 2.19. The summed E-state index contributed by atoms with van der Waals surface area (Å²) in [6.45, 7) is 11.8. The van der Waals surface area contributed by atoms with Crippen molar-refractivity contribution in [1.29, 1.82) is 0 Å². The van der Waals surface area contributed by atoms with Crippen LogP contribution in [0.2, 0.25) is 0 Å². The first-order valence-electron chi connectivity index (χ1n) is 7.56. The molecule has 2 rings (SSSR count). The van der Waals surface area contributed by atoms with E-state index >= 15 is 0 Å². The van der Waals surface area contributed by atoms with E-state index in [1.54, 1.807) is 0 Å². The molecule has 1 heterocycles. The van der Waals surface area contributed by atoms with Crippen molar-refractivity contribution >= 4 is 12.0 Å². The molecule has 0 aliphatic carbocycles. The summed E-state index contributed by atoms with van der Waals surface area (Å²) < 4.78 is 0. The van der Waals surface area contributed by atoms with Crippen LogP contribution in [0.25, 0.3) is 0 Å². The second kappa shape index (κ2) is 6.40. The van der Waals surface area contributed by atoms with Crippen molar-refractivity contribution < 1.29 is 4.79 Å². The van der Waals surface area contributed by atoms with Crippen LogP contribution in [0.4, 0.5) is 5.69 Å². The van der Waals surface area contributed by atoms with Gasteiger partial charge < -0.3 is 14.6 Å². The number of rotatable bonds is 5. The lowest BCUT2D eigenvalue weighted by Crippen LogP contribution is -2.46. The number of benzene rings is 1. The molecule has 1 aromatic carbocycles. The summed E-state index contributed by atoms with van der Waals surface area (Å²) in [6, 6.07) is 8.65. The number of piperazine rings is 1. The maximum Gasteiger partial charge on any atom is 0.125 e. The normalized spacial score (nSPS) is 17.2. The van der Waals surface area contributed by atoms with Crippen molar-refractivity contribution in [3.05, 3.63) is 29.8 Å². The molecule has 3 heteroatoms. The van der Waals surface area contributed by atoms with Crippen molar-refractivity contribution in [2.24, 2.45) is 5.41 Å². The SMILES string of the molecule is CCN1CCN(c2cccc(CC(C)(C)C=O)c2)CC1. The van der Waals surface area contributed by atoms with E-state index in [9.17, 15) is 4.79 Å². The van der Waals surface area contributed by atoms with E-state index in [4.69, 9.17) is 0 Å². The van der Waals surface area contributed by atoms with Gasteiger partial charge in [-0.05, 0) is 30.7 Å². The predicted molar refractivity (Wildman–Crippen MR) is 84.3 cm³/mol. The van der Waals surface area contributed by atoms with E-state index in [1.807, 2.05) is 13.8 Å². The highest BCUT2D eigenvalue weighted by molar-refractivity contribution is 5.59. The first kappa shape index (κ1) is 15.0. The fourth-order valence-corrected chi connectivity index (χ4v) is 2.75. The van der Waals surface area contributed by atoms with Gasteiger partial charge in [-0.1, -0.05) is 32.9 Å². The maximum absolute atomic E-state index is 11.1. The smallest absolute Gasteiger partial charge is 0.125 e. The van der Waals surface area contributed by atoms with Gasteiger partial charge in [-0.2, -0.15) is 0 Å². The third-order valence-corrected chi connectivity index (χ3v) is 4.07. The Bertz CT molecular complexity index is 448. The van der Waals surface area contributed by atoms with E-state index in [1.165, 1.54) is 11.3 Å².